The maximum atomic E-state index is 16.1. The average molecular weight is 1380 g/mol. The highest BCUT2D eigenvalue weighted by molar-refractivity contribution is 6.00. The van der Waals surface area contributed by atoms with E-state index in [0.29, 0.717) is 97.1 Å². The second-order valence-corrected chi connectivity index (χ2v) is 27.6. The van der Waals surface area contributed by atoms with Gasteiger partial charge in [0, 0.05) is 88.7 Å². The number of aromatic nitrogens is 2. The molecule has 3 unspecified atom stereocenters. The lowest BCUT2D eigenvalue weighted by Crippen LogP contribution is -2.57. The summed E-state index contributed by atoms with van der Waals surface area (Å²) < 4.78 is 94.7. The van der Waals surface area contributed by atoms with Gasteiger partial charge in [-0.2, -0.15) is 0 Å². The average Bonchev–Trinajstić information content (AvgIpc) is 1.48. The number of esters is 4. The summed E-state index contributed by atoms with van der Waals surface area (Å²) in [5.74, 6) is -6.27. The highest BCUT2D eigenvalue weighted by Crippen LogP contribution is 2.73. The number of ketones is 2. The van der Waals surface area contributed by atoms with Crippen LogP contribution < -0.4 is 40.8 Å². The van der Waals surface area contributed by atoms with E-state index in [4.69, 9.17) is 52.1 Å². The standard InChI is InChI=1S/C69H80F2N6O22/c1-35-26-74(20-18-72-35)57-48(70)23-43-55(61(57)89-4)76(38-7-8-38)28-45(59(43)83)63(85)94-33-96-65(87)92-30-41(31-93-66(88)97-34-95-64(86)46-29-77(39-9-10-39)56-44(60(46)84)24-49(71)58(62(56)90-5)75-21-19-73-36(2)27-75)98-53(82)13-12-52(81)91-32-51(80)68-17-15-47-42-11-6-37-22-40(78)14-16-67(37,3)54(42)50(79)25-69(47,68)99-68/h22-24,28-29,35-36,38-39,41-42,47,50,54,72-73,79H,6-21,25-27,30-34H2,1-5H3/t35?,36?,41?,42-,47-,50-,54?,67-,68-,69+/m0/s1. The van der Waals surface area contributed by atoms with E-state index in [0.717, 1.165) is 24.1 Å². The summed E-state index contributed by atoms with van der Waals surface area (Å²) in [4.78, 5) is 138. The maximum Gasteiger partial charge on any atom is 0.511 e. The predicted octanol–water partition coefficient (Wildman–Crippen LogP) is 5.92. The first-order valence-corrected chi connectivity index (χ1v) is 33.8. The summed E-state index contributed by atoms with van der Waals surface area (Å²) >= 11 is 0. The van der Waals surface area contributed by atoms with Crippen molar-refractivity contribution >= 4 is 80.9 Å². The van der Waals surface area contributed by atoms with Crippen LogP contribution in [0.4, 0.5) is 29.7 Å². The first-order chi connectivity index (χ1) is 47.5. The molecule has 5 heterocycles. The fourth-order valence-corrected chi connectivity index (χ4v) is 16.6. The number of carbonyl (C=O) groups excluding carboxylic acids is 8. The number of aliphatic hydroxyl groups excluding tert-OH is 1. The Labute approximate surface area is 565 Å². The number of allylic oxidation sites excluding steroid dienone is 1. The quantitative estimate of drug-likeness (QED) is 0.0336. The SMILES string of the molecule is COc1c(N2CCNC(C)C2)c(F)cc2c(=O)c(C(=O)OCOC(=O)OCC(COC(=O)OCOC(=O)c3cn(C4CC4)c4c(OC)c(N5CCNC(C)C5)c(F)cc4c3=O)OC(=O)CCC(=O)OCC(=O)[C@@]34CC[C@H]5[C@@H]6CCC7=CC(=O)CC[C@]7(C)C6[C@@H](O)C[C@@]53O4)cn(C3CC3)c12. The van der Waals surface area contributed by atoms with Gasteiger partial charge in [-0.05, 0) is 113 Å². The molecule has 532 valence electrons. The van der Waals surface area contributed by atoms with Gasteiger partial charge in [-0.15, -0.1) is 0 Å². The first kappa shape index (κ1) is 68.8. The van der Waals surface area contributed by atoms with E-state index in [1.165, 1.54) is 26.6 Å². The first-order valence-electron chi connectivity index (χ1n) is 33.8. The molecule has 6 aliphatic carbocycles. The van der Waals surface area contributed by atoms with Crippen LogP contribution in [0.2, 0.25) is 0 Å². The molecule has 8 fully saturated rings. The predicted molar refractivity (Wildman–Crippen MR) is 342 cm³/mol. The maximum absolute atomic E-state index is 16.1. The number of anilines is 2. The van der Waals surface area contributed by atoms with Crippen molar-refractivity contribution in [1.29, 1.82) is 0 Å². The minimum absolute atomic E-state index is 0.0269. The fraction of sp³-hybridized carbons (Fsp3) is 0.594. The number of nitrogens with zero attached hydrogens (tertiary/aromatic N) is 4. The minimum Gasteiger partial charge on any atom is -0.492 e. The molecule has 30 heteroatoms. The molecule has 28 nitrogen and oxygen atoms in total. The van der Waals surface area contributed by atoms with Gasteiger partial charge in [0.2, 0.25) is 30.2 Å². The zero-order chi connectivity index (χ0) is 70.0. The van der Waals surface area contributed by atoms with Crippen molar-refractivity contribution < 1.29 is 104 Å². The number of pyridine rings is 2. The fourth-order valence-electron chi connectivity index (χ4n) is 16.6. The number of ether oxygens (including phenoxy) is 11. The highest BCUT2D eigenvalue weighted by atomic mass is 19.1. The Kier molecular flexibility index (Phi) is 19.0. The summed E-state index contributed by atoms with van der Waals surface area (Å²) in [5.41, 5.74) is -3.31. The number of methoxy groups -OCH3 is 2. The van der Waals surface area contributed by atoms with Gasteiger partial charge in [0.15, 0.2) is 47.2 Å². The van der Waals surface area contributed by atoms with E-state index in [1.54, 1.807) is 15.2 Å². The van der Waals surface area contributed by atoms with E-state index in [-0.39, 0.29) is 104 Å². The van der Waals surface area contributed by atoms with Crippen LogP contribution in [0.15, 0.2) is 45.8 Å². The third-order valence-electron chi connectivity index (χ3n) is 21.4. The van der Waals surface area contributed by atoms with Crippen LogP contribution in [0.5, 0.6) is 11.5 Å². The van der Waals surface area contributed by atoms with Crippen LogP contribution in [-0.2, 0) is 61.8 Å². The number of Topliss-reactive ketones (excluding diaryl/α,β-unsaturated/α-hetero) is 1. The minimum atomic E-state index is -1.68. The number of carbonyl (C=O) groups is 8. The van der Waals surface area contributed by atoms with Gasteiger partial charge in [-0.25, -0.2) is 28.0 Å². The topological polar surface area (TPSA) is 336 Å². The zero-order valence-electron chi connectivity index (χ0n) is 55.6. The normalized spacial score (nSPS) is 27.1. The molecule has 3 N–H and O–H groups in total. The molecular weight excluding hydrogens is 1300 g/mol. The van der Waals surface area contributed by atoms with Crippen LogP contribution in [0.1, 0.15) is 137 Å². The van der Waals surface area contributed by atoms with Gasteiger partial charge >= 0.3 is 36.2 Å². The molecule has 9 atom stereocenters. The summed E-state index contributed by atoms with van der Waals surface area (Å²) in [6.07, 6.45) is 3.99. The number of piperazine rings is 2. The molecule has 99 heavy (non-hydrogen) atoms. The summed E-state index contributed by atoms with van der Waals surface area (Å²) in [6, 6.07) is 1.85. The van der Waals surface area contributed by atoms with Crippen molar-refractivity contribution in [2.45, 2.75) is 152 Å². The lowest BCUT2D eigenvalue weighted by Gasteiger charge is -2.56. The monoisotopic (exact) mass is 1380 g/mol. The Morgan fingerprint density at radius 3 is 1.71 bits per heavy atom. The molecule has 9 aliphatic rings. The summed E-state index contributed by atoms with van der Waals surface area (Å²) in [5, 5.41) is 18.1. The summed E-state index contributed by atoms with van der Waals surface area (Å²) in [7, 11) is 2.74. The molecule has 0 bridgehead atoms. The molecule has 5 saturated carbocycles. The third-order valence-corrected chi connectivity index (χ3v) is 21.4. The lowest BCUT2D eigenvalue weighted by atomic mass is 9.48. The molecule has 3 aliphatic heterocycles. The number of epoxide rings is 1. The second kappa shape index (κ2) is 27.4. The number of aliphatic hydroxyl groups is 1. The smallest absolute Gasteiger partial charge is 0.492 e. The van der Waals surface area contributed by atoms with E-state index in [2.05, 4.69) is 17.6 Å². The van der Waals surface area contributed by atoms with E-state index < -0.39 is 145 Å². The molecule has 2 aromatic heterocycles. The van der Waals surface area contributed by atoms with E-state index >= 15 is 8.78 Å². The van der Waals surface area contributed by atoms with Crippen molar-refractivity contribution in [1.82, 2.24) is 19.8 Å². The molecular formula is C69H80F2N6O22. The Morgan fingerprint density at radius 1 is 0.677 bits per heavy atom. The van der Waals surface area contributed by atoms with Gasteiger partial charge in [0.1, 0.15) is 41.3 Å². The highest BCUT2D eigenvalue weighted by Gasteiger charge is 2.83. The van der Waals surface area contributed by atoms with Gasteiger partial charge in [-0.1, -0.05) is 12.5 Å². The largest absolute Gasteiger partial charge is 0.511 e. The van der Waals surface area contributed by atoms with Crippen molar-refractivity contribution in [3.05, 3.63) is 79.4 Å². The third kappa shape index (κ3) is 13.0. The van der Waals surface area contributed by atoms with Crippen LogP contribution in [-0.4, -0.2) is 184 Å². The van der Waals surface area contributed by atoms with E-state index in [9.17, 15) is 53.1 Å². The van der Waals surface area contributed by atoms with Crippen LogP contribution in [0.25, 0.3) is 21.8 Å². The molecule has 1 spiro atoms. The number of nitrogens with one attached hydrogen (secondary N) is 2. The van der Waals surface area contributed by atoms with Crippen molar-refractivity contribution in [3.63, 3.8) is 0 Å². The number of hydrogen-bond donors (Lipinski definition) is 3. The Balaban J connectivity index is 0.635. The Hall–Kier alpha value is -8.74. The van der Waals surface area contributed by atoms with Gasteiger partial charge in [0.25, 0.3) is 0 Å². The van der Waals surface area contributed by atoms with Gasteiger partial charge < -0.3 is 86.8 Å². The number of hydrogen-bond acceptors (Lipinski definition) is 26. The second-order valence-electron chi connectivity index (χ2n) is 27.6. The molecule has 2 aromatic carbocycles. The van der Waals surface area contributed by atoms with Gasteiger partial charge in [-0.3, -0.25) is 28.8 Å². The number of rotatable bonds is 23. The lowest BCUT2D eigenvalue weighted by molar-refractivity contribution is -0.158. The van der Waals surface area contributed by atoms with Crippen LogP contribution >= 0.6 is 0 Å². The van der Waals surface area contributed by atoms with Gasteiger partial charge in [0.05, 0.1) is 55.0 Å². The Bertz CT molecular complexity index is 3950. The Morgan fingerprint density at radius 2 is 1.20 bits per heavy atom. The molecule has 3 saturated heterocycles. The van der Waals surface area contributed by atoms with Crippen LogP contribution in [0, 0.1) is 34.8 Å². The van der Waals surface area contributed by atoms with E-state index in [1.807, 2.05) is 23.6 Å². The molecule has 13 rings (SSSR count). The van der Waals surface area contributed by atoms with Crippen molar-refractivity contribution in [3.8, 4) is 11.5 Å². The molecule has 0 amide bonds. The molecule has 0 radical (unpaired) electrons. The number of halogens is 2. The molecule has 4 aromatic rings. The number of benzene rings is 2. The van der Waals surface area contributed by atoms with Crippen LogP contribution in [0.3, 0.4) is 0 Å². The van der Waals surface area contributed by atoms with Crippen molar-refractivity contribution in [2.75, 3.05) is 96.7 Å². The zero-order valence-corrected chi connectivity index (χ0v) is 55.6. The number of fused-ring (bicyclic) bond motifs is 6. The van der Waals surface area contributed by atoms with Crippen molar-refractivity contribution in [2.24, 2.45) is 23.2 Å². The summed E-state index contributed by atoms with van der Waals surface area (Å²) in [6.45, 7) is 4.27.